The fraction of sp³-hybridized carbons (Fsp3) is 0.333. The number of hydrogen-bond donors (Lipinski definition) is 2. The number of hydrogen-bond acceptors (Lipinski definition) is 6. The summed E-state index contributed by atoms with van der Waals surface area (Å²) in [6.45, 7) is 8.61. The first kappa shape index (κ1) is 34.4. The van der Waals surface area contributed by atoms with Gasteiger partial charge in [-0.2, -0.15) is 0 Å². The summed E-state index contributed by atoms with van der Waals surface area (Å²) in [6, 6.07) is 20.6. The van der Waals surface area contributed by atoms with E-state index in [-0.39, 0.29) is 68.4 Å². The normalized spacial score (nSPS) is 18.1. The van der Waals surface area contributed by atoms with Gasteiger partial charge in [0.1, 0.15) is 18.0 Å². The Balaban J connectivity index is 1.38. The summed E-state index contributed by atoms with van der Waals surface area (Å²) in [5, 5.41) is 17.0. The van der Waals surface area contributed by atoms with Gasteiger partial charge in [0.15, 0.2) is 5.78 Å². The average molecular weight is 677 g/mol. The lowest BCUT2D eigenvalue weighted by molar-refractivity contribution is -0.189. The molecule has 11 heteroatoms. The summed E-state index contributed by atoms with van der Waals surface area (Å²) in [7, 11) is 1.90. The van der Waals surface area contributed by atoms with Crippen molar-refractivity contribution in [3.05, 3.63) is 114 Å². The third kappa shape index (κ3) is 7.00. The maximum atomic E-state index is 14.5. The molecule has 0 radical (unpaired) electrons. The van der Waals surface area contributed by atoms with Gasteiger partial charge < -0.3 is 24.8 Å². The maximum Gasteiger partial charge on any atom is 0.334 e. The lowest BCUT2D eigenvalue weighted by Gasteiger charge is -2.55. The van der Waals surface area contributed by atoms with Crippen molar-refractivity contribution in [2.75, 3.05) is 19.6 Å². The monoisotopic (exact) mass is 676 g/mol. The van der Waals surface area contributed by atoms with Crippen LogP contribution >= 0.6 is 0 Å². The molecule has 50 heavy (non-hydrogen) atoms. The molecule has 2 atom stereocenters. The zero-order valence-corrected chi connectivity index (χ0v) is 28.8. The summed E-state index contributed by atoms with van der Waals surface area (Å²) in [5.74, 6) is -0.125. The number of benzene rings is 3. The number of carbonyl (C=O) groups is 4. The molecule has 4 amide bonds. The molecule has 0 unspecified atom stereocenters. The fourth-order valence-electron chi connectivity index (χ4n) is 7.14. The van der Waals surface area contributed by atoms with Gasteiger partial charge in [0.05, 0.1) is 18.6 Å². The second-order valence-electron chi connectivity index (χ2n) is 13.5. The number of rotatable bonds is 11. The van der Waals surface area contributed by atoms with Crippen LogP contribution in [-0.4, -0.2) is 85.0 Å². The topological polar surface area (TPSA) is 118 Å². The molecule has 2 aliphatic heterocycles. The maximum absolute atomic E-state index is 14.5. The summed E-state index contributed by atoms with van der Waals surface area (Å²) >= 11 is 0. The van der Waals surface area contributed by atoms with Gasteiger partial charge in [0, 0.05) is 56.7 Å². The Kier molecular flexibility index (Phi) is 10.1. The largest absolute Gasteiger partial charge is 0.508 e. The molecular formula is C39H44N6O5. The minimum atomic E-state index is -0.906. The molecule has 2 N–H and O–H groups in total. The predicted molar refractivity (Wildman–Crippen MR) is 191 cm³/mol. The summed E-state index contributed by atoms with van der Waals surface area (Å²) in [4.78, 5) is 59.0. The SMILES string of the molecule is C=CCN1CC(=O)N2[C@@H](Cc3ccc(O)cc3)C(=O)N(Cc3cccc4c(C(=O)CC(C)C)cn(C)c34)C[C@@H]2N1C(=O)NCc1ccccc1. The average Bonchev–Trinajstić information content (AvgIpc) is 3.44. The van der Waals surface area contributed by atoms with Gasteiger partial charge in [-0.3, -0.25) is 14.4 Å². The molecule has 3 heterocycles. The molecule has 2 aliphatic rings. The molecule has 6 rings (SSSR count). The third-order valence-electron chi connectivity index (χ3n) is 9.37. The number of ketones is 1. The Hall–Kier alpha value is -5.42. The van der Waals surface area contributed by atoms with Gasteiger partial charge in [0.25, 0.3) is 0 Å². The first-order valence-corrected chi connectivity index (χ1v) is 17.0. The van der Waals surface area contributed by atoms with Crippen LogP contribution in [-0.2, 0) is 36.1 Å². The van der Waals surface area contributed by atoms with E-state index < -0.39 is 18.2 Å². The summed E-state index contributed by atoms with van der Waals surface area (Å²) in [6.07, 6.45) is 3.33. The van der Waals surface area contributed by atoms with Crippen molar-refractivity contribution in [2.45, 2.75) is 52.0 Å². The van der Waals surface area contributed by atoms with Crippen LogP contribution in [0.25, 0.3) is 10.9 Å². The molecule has 0 aliphatic carbocycles. The number of aromatic nitrogens is 1. The number of hydrazine groups is 1. The van der Waals surface area contributed by atoms with Crippen LogP contribution < -0.4 is 5.32 Å². The molecule has 2 fully saturated rings. The van der Waals surface area contributed by atoms with Crippen molar-refractivity contribution in [1.82, 2.24) is 29.7 Å². The van der Waals surface area contributed by atoms with Crippen molar-refractivity contribution in [3.63, 3.8) is 0 Å². The second kappa shape index (κ2) is 14.6. The highest BCUT2D eigenvalue weighted by molar-refractivity contribution is 6.08. The van der Waals surface area contributed by atoms with E-state index in [9.17, 15) is 24.3 Å². The Morgan fingerprint density at radius 1 is 1.00 bits per heavy atom. The van der Waals surface area contributed by atoms with Gasteiger partial charge in [0.2, 0.25) is 11.8 Å². The predicted octanol–water partition coefficient (Wildman–Crippen LogP) is 4.85. The number of Topliss-reactive ketones (excluding diaryl/α,β-unsaturated/α-hetero) is 1. The van der Waals surface area contributed by atoms with E-state index in [2.05, 4.69) is 11.9 Å². The van der Waals surface area contributed by atoms with Crippen molar-refractivity contribution in [2.24, 2.45) is 13.0 Å². The van der Waals surface area contributed by atoms with Gasteiger partial charge in [-0.05, 0) is 34.7 Å². The van der Waals surface area contributed by atoms with Crippen LogP contribution in [0.1, 0.15) is 47.3 Å². The lowest BCUT2D eigenvalue weighted by Crippen LogP contribution is -2.76. The van der Waals surface area contributed by atoms with E-state index in [0.29, 0.717) is 12.0 Å². The molecule has 11 nitrogen and oxygen atoms in total. The van der Waals surface area contributed by atoms with Crippen LogP contribution in [0.4, 0.5) is 4.79 Å². The third-order valence-corrected chi connectivity index (χ3v) is 9.37. The number of nitrogens with zero attached hydrogens (tertiary/aromatic N) is 5. The molecule has 0 saturated carbocycles. The van der Waals surface area contributed by atoms with E-state index in [1.165, 1.54) is 0 Å². The standard InChI is InChI=1S/C39H44N6O5/c1-5-18-43-25-36(48)44-33(20-27-14-16-30(46)17-15-27)38(49)42(24-35(44)45(43)39(50)40-21-28-10-7-6-8-11-28)22-29-12-9-13-31-32(23-41(4)37(29)31)34(47)19-26(2)3/h5-17,23,26,33,35,46H,1,18-22,24-25H2,2-4H3,(H,40,50)/t33-,35-/m0/s1. The highest BCUT2D eigenvalue weighted by Gasteiger charge is 2.51. The quantitative estimate of drug-likeness (QED) is 0.173. The minimum absolute atomic E-state index is 0.0709. The Morgan fingerprint density at radius 3 is 2.44 bits per heavy atom. The van der Waals surface area contributed by atoms with Crippen molar-refractivity contribution in [3.8, 4) is 5.75 Å². The molecule has 2 saturated heterocycles. The van der Waals surface area contributed by atoms with Gasteiger partial charge in [-0.1, -0.05) is 80.6 Å². The Morgan fingerprint density at radius 2 is 1.74 bits per heavy atom. The van der Waals surface area contributed by atoms with Gasteiger partial charge in [-0.15, -0.1) is 6.58 Å². The molecule has 1 aromatic heterocycles. The number of amides is 4. The fourth-order valence-corrected chi connectivity index (χ4v) is 7.14. The van der Waals surface area contributed by atoms with E-state index in [1.54, 1.807) is 50.2 Å². The second-order valence-corrected chi connectivity index (χ2v) is 13.5. The summed E-state index contributed by atoms with van der Waals surface area (Å²) < 4.78 is 1.94. The smallest absolute Gasteiger partial charge is 0.334 e. The number of para-hydroxylation sites is 1. The first-order valence-electron chi connectivity index (χ1n) is 17.0. The number of carbonyl (C=O) groups excluding carboxylic acids is 4. The minimum Gasteiger partial charge on any atom is -0.508 e. The Labute approximate surface area is 292 Å². The highest BCUT2D eigenvalue weighted by atomic mass is 16.3. The number of urea groups is 1. The molecular weight excluding hydrogens is 632 g/mol. The lowest BCUT2D eigenvalue weighted by atomic mass is 9.97. The van der Waals surface area contributed by atoms with Gasteiger partial charge in [-0.25, -0.2) is 14.8 Å². The number of nitrogens with one attached hydrogen (secondary N) is 1. The van der Waals surface area contributed by atoms with Crippen molar-refractivity contribution in [1.29, 1.82) is 0 Å². The van der Waals surface area contributed by atoms with Crippen molar-refractivity contribution >= 4 is 34.5 Å². The number of piperazine rings is 1. The zero-order valence-electron chi connectivity index (χ0n) is 28.8. The van der Waals surface area contributed by atoms with E-state index in [4.69, 9.17) is 0 Å². The molecule has 4 aromatic rings. The molecule has 0 spiro atoms. The van der Waals surface area contributed by atoms with E-state index >= 15 is 0 Å². The van der Waals surface area contributed by atoms with E-state index in [1.807, 2.05) is 80.2 Å². The highest BCUT2D eigenvalue weighted by Crippen LogP contribution is 2.32. The van der Waals surface area contributed by atoms with Crippen LogP contribution in [0.15, 0.2) is 91.6 Å². The number of aromatic hydroxyl groups is 1. The number of fused-ring (bicyclic) bond motifs is 2. The number of aryl methyl sites for hydroxylation is 1. The van der Waals surface area contributed by atoms with Crippen LogP contribution in [0.5, 0.6) is 5.75 Å². The van der Waals surface area contributed by atoms with Crippen molar-refractivity contribution < 1.29 is 24.3 Å². The molecule has 3 aromatic carbocycles. The number of phenolic OH excluding ortho intramolecular Hbond substituents is 1. The number of phenols is 1. The van der Waals surface area contributed by atoms with Gasteiger partial charge >= 0.3 is 6.03 Å². The van der Waals surface area contributed by atoms with Crippen LogP contribution in [0.3, 0.4) is 0 Å². The molecule has 0 bridgehead atoms. The van der Waals surface area contributed by atoms with E-state index in [0.717, 1.165) is 27.6 Å². The summed E-state index contributed by atoms with van der Waals surface area (Å²) in [5.41, 5.74) is 4.05. The molecule has 260 valence electrons. The van der Waals surface area contributed by atoms with Crippen LogP contribution in [0.2, 0.25) is 0 Å². The van der Waals surface area contributed by atoms with Crippen LogP contribution in [0, 0.1) is 5.92 Å². The first-order chi connectivity index (χ1) is 24.0. The Bertz CT molecular complexity index is 1900. The zero-order chi connectivity index (χ0) is 35.5.